The second-order valence-corrected chi connectivity index (χ2v) is 20.1. The van der Waals surface area contributed by atoms with Crippen molar-refractivity contribution in [3.05, 3.63) is 23.3 Å². The van der Waals surface area contributed by atoms with Crippen LogP contribution in [0.15, 0.2) is 23.3 Å². The fourth-order valence-electron chi connectivity index (χ4n) is 11.5. The number of aliphatic hydroxyl groups is 2. The summed E-state index contributed by atoms with van der Waals surface area (Å²) in [5.41, 5.74) is -4.01. The van der Waals surface area contributed by atoms with Gasteiger partial charge in [0.2, 0.25) is 0 Å². The van der Waals surface area contributed by atoms with E-state index in [-0.39, 0.29) is 42.8 Å². The first-order valence-electron chi connectivity index (χ1n) is 24.5. The van der Waals surface area contributed by atoms with E-state index in [2.05, 4.69) is 27.7 Å². The first-order valence-corrected chi connectivity index (χ1v) is 24.5. The second kappa shape index (κ2) is 22.9. The lowest BCUT2D eigenvalue weighted by atomic mass is 9.59. The van der Waals surface area contributed by atoms with Gasteiger partial charge in [-0.15, -0.1) is 0 Å². The SMILES string of the molecule is CCCCCCCCCCCCCCCC(=O)OCC1=CC2C(=O)C3(C=C(C)C(OC(C)C)C3(O)C1O)C(C)CC1(OC(=O)CCCCCCCCCCC)C2C1(C)C. The number of Topliss-reactive ketones (excluding diaryl/α,β-unsaturated/α-hetero) is 1. The average Bonchev–Trinajstić information content (AvgIpc) is 3.59. The van der Waals surface area contributed by atoms with Crippen LogP contribution in [0.2, 0.25) is 0 Å². The van der Waals surface area contributed by atoms with Gasteiger partial charge in [0, 0.05) is 30.1 Å². The highest BCUT2D eigenvalue weighted by atomic mass is 16.6. The minimum atomic E-state index is -2.05. The topological polar surface area (TPSA) is 119 Å². The Morgan fingerprint density at radius 2 is 1.22 bits per heavy atom. The van der Waals surface area contributed by atoms with Crippen molar-refractivity contribution in [2.75, 3.05) is 6.61 Å². The number of allylic oxidation sites excluding steroid dienone is 1. The lowest BCUT2D eigenvalue weighted by molar-refractivity contribution is -0.207. The van der Waals surface area contributed by atoms with Crippen molar-refractivity contribution >= 4 is 17.7 Å². The summed E-state index contributed by atoms with van der Waals surface area (Å²) in [7, 11) is 0. The third-order valence-corrected chi connectivity index (χ3v) is 14.9. The van der Waals surface area contributed by atoms with Crippen LogP contribution in [0, 0.1) is 28.6 Å². The fraction of sp³-hybridized carbons (Fsp3) is 0.863. The summed E-state index contributed by atoms with van der Waals surface area (Å²) in [5, 5.41) is 25.4. The van der Waals surface area contributed by atoms with Crippen LogP contribution >= 0.6 is 0 Å². The molecule has 2 fully saturated rings. The van der Waals surface area contributed by atoms with E-state index >= 15 is 4.79 Å². The van der Waals surface area contributed by atoms with Crippen LogP contribution < -0.4 is 0 Å². The van der Waals surface area contributed by atoms with Crippen molar-refractivity contribution in [3.63, 3.8) is 0 Å². The first kappa shape index (κ1) is 49.6. The molecule has 0 aliphatic heterocycles. The molecular weight excluding hydrogens is 741 g/mol. The zero-order valence-electron chi connectivity index (χ0n) is 38.8. The molecule has 0 aromatic heterocycles. The number of hydrogen-bond donors (Lipinski definition) is 2. The fourth-order valence-corrected chi connectivity index (χ4v) is 11.5. The van der Waals surface area contributed by atoms with E-state index < -0.39 is 46.1 Å². The molecule has 0 heterocycles. The molecule has 59 heavy (non-hydrogen) atoms. The molecular formula is C51H86O8. The Labute approximate surface area is 359 Å². The van der Waals surface area contributed by atoms with E-state index in [0.29, 0.717) is 24.0 Å². The van der Waals surface area contributed by atoms with Gasteiger partial charge in [-0.25, -0.2) is 0 Å². The molecule has 8 unspecified atom stereocenters. The third-order valence-electron chi connectivity index (χ3n) is 14.9. The summed E-state index contributed by atoms with van der Waals surface area (Å²) in [6.07, 6.45) is 28.1. The largest absolute Gasteiger partial charge is 0.461 e. The lowest BCUT2D eigenvalue weighted by Crippen LogP contribution is -2.66. The van der Waals surface area contributed by atoms with Gasteiger partial charge in [-0.2, -0.15) is 0 Å². The van der Waals surface area contributed by atoms with Gasteiger partial charge in [-0.05, 0) is 57.1 Å². The normalized spacial score (nSPS) is 30.6. The highest BCUT2D eigenvalue weighted by Gasteiger charge is 2.83. The molecule has 2 N–H and O–H groups in total. The molecule has 4 aliphatic carbocycles. The zero-order valence-corrected chi connectivity index (χ0v) is 38.8. The summed E-state index contributed by atoms with van der Waals surface area (Å²) in [6, 6.07) is 0. The van der Waals surface area contributed by atoms with Gasteiger partial charge in [0.25, 0.3) is 0 Å². The van der Waals surface area contributed by atoms with Gasteiger partial charge in [0.05, 0.1) is 11.5 Å². The second-order valence-electron chi connectivity index (χ2n) is 20.1. The van der Waals surface area contributed by atoms with Crippen molar-refractivity contribution in [1.29, 1.82) is 0 Å². The number of esters is 2. The van der Waals surface area contributed by atoms with E-state index in [9.17, 15) is 19.8 Å². The van der Waals surface area contributed by atoms with E-state index in [1.54, 1.807) is 6.08 Å². The number of carbonyl (C=O) groups excluding carboxylic acids is 3. The molecule has 0 radical (unpaired) electrons. The quantitative estimate of drug-likeness (QED) is 0.0435. The number of aliphatic hydroxyl groups excluding tert-OH is 1. The predicted octanol–water partition coefficient (Wildman–Crippen LogP) is 11.9. The average molecular weight is 827 g/mol. The summed E-state index contributed by atoms with van der Waals surface area (Å²) >= 11 is 0. The van der Waals surface area contributed by atoms with Gasteiger partial charge in [0.15, 0.2) is 5.78 Å². The van der Waals surface area contributed by atoms with Gasteiger partial charge in [-0.3, -0.25) is 14.4 Å². The lowest BCUT2D eigenvalue weighted by Gasteiger charge is -2.49. The summed E-state index contributed by atoms with van der Waals surface area (Å²) in [5.74, 6) is -2.41. The number of rotatable bonds is 29. The molecule has 8 nitrogen and oxygen atoms in total. The van der Waals surface area contributed by atoms with Crippen LogP contribution in [0.1, 0.15) is 216 Å². The van der Waals surface area contributed by atoms with Crippen LogP contribution in [0.5, 0.6) is 0 Å². The number of fused-ring (bicyclic) bond motifs is 3. The summed E-state index contributed by atoms with van der Waals surface area (Å²) < 4.78 is 18.8. The van der Waals surface area contributed by atoms with Crippen LogP contribution in [-0.2, 0) is 28.6 Å². The Bertz CT molecular complexity index is 1410. The van der Waals surface area contributed by atoms with Gasteiger partial charge < -0.3 is 24.4 Å². The van der Waals surface area contributed by atoms with Crippen LogP contribution in [-0.4, -0.2) is 64.1 Å². The van der Waals surface area contributed by atoms with Crippen LogP contribution in [0.3, 0.4) is 0 Å². The molecule has 338 valence electrons. The van der Waals surface area contributed by atoms with Crippen molar-refractivity contribution < 1.29 is 38.8 Å². The van der Waals surface area contributed by atoms with Crippen LogP contribution in [0.4, 0.5) is 0 Å². The van der Waals surface area contributed by atoms with Crippen molar-refractivity contribution in [1.82, 2.24) is 0 Å². The molecule has 8 heteroatoms. The van der Waals surface area contributed by atoms with Crippen molar-refractivity contribution in [2.24, 2.45) is 28.6 Å². The van der Waals surface area contributed by atoms with E-state index in [1.807, 2.05) is 33.8 Å². The van der Waals surface area contributed by atoms with Crippen molar-refractivity contribution in [3.8, 4) is 0 Å². The highest BCUT2D eigenvalue weighted by molar-refractivity contribution is 5.96. The minimum absolute atomic E-state index is 0.193. The maximum Gasteiger partial charge on any atom is 0.306 e. The zero-order chi connectivity index (χ0) is 43.3. The number of ether oxygens (including phenoxy) is 3. The molecule has 1 spiro atoms. The molecule has 8 atom stereocenters. The Kier molecular flexibility index (Phi) is 19.2. The molecule has 4 aliphatic rings. The maximum absolute atomic E-state index is 15.3. The molecule has 2 bridgehead atoms. The molecule has 2 saturated carbocycles. The highest BCUT2D eigenvalue weighted by Crippen LogP contribution is 2.75. The summed E-state index contributed by atoms with van der Waals surface area (Å²) in [6.45, 7) is 15.9. The molecule has 0 amide bonds. The van der Waals surface area contributed by atoms with E-state index in [4.69, 9.17) is 14.2 Å². The molecule has 0 saturated heterocycles. The Hall–Kier alpha value is -2.03. The Balaban J connectivity index is 1.42. The van der Waals surface area contributed by atoms with Crippen molar-refractivity contribution in [2.45, 2.75) is 245 Å². The first-order chi connectivity index (χ1) is 28.1. The number of ketones is 1. The number of carbonyl (C=O) groups is 3. The Morgan fingerprint density at radius 1 is 0.763 bits per heavy atom. The van der Waals surface area contributed by atoms with Gasteiger partial charge in [-0.1, -0.05) is 175 Å². The molecule has 0 aromatic rings. The third kappa shape index (κ3) is 11.3. The number of unbranched alkanes of at least 4 members (excludes halogenated alkanes) is 20. The van der Waals surface area contributed by atoms with E-state index in [1.165, 1.54) is 103 Å². The van der Waals surface area contributed by atoms with E-state index in [0.717, 1.165) is 38.5 Å². The number of hydrogen-bond acceptors (Lipinski definition) is 8. The van der Waals surface area contributed by atoms with Gasteiger partial charge in [0.1, 0.15) is 30.0 Å². The summed E-state index contributed by atoms with van der Waals surface area (Å²) in [4.78, 5) is 42.0. The van der Waals surface area contributed by atoms with Crippen LogP contribution in [0.25, 0.3) is 0 Å². The molecule has 4 rings (SSSR count). The molecule has 0 aromatic carbocycles. The predicted molar refractivity (Wildman–Crippen MR) is 237 cm³/mol. The minimum Gasteiger partial charge on any atom is -0.461 e. The Morgan fingerprint density at radius 3 is 1.69 bits per heavy atom. The smallest absolute Gasteiger partial charge is 0.306 e. The monoisotopic (exact) mass is 827 g/mol. The standard InChI is InChI=1S/C51H86O8/c1-9-11-13-15-17-19-20-21-22-24-25-27-29-31-42(52)57-36-40-33-41-44-48(7,8)50(44,59-43(53)32-30-28-26-23-18-16-14-12-10-2)35-39(6)49(46(41)55)34-38(5)47(58-37(3)4)51(49,56)45(40)54/h33-34,37,39,41,44-45,47,54,56H,9-32,35-36H2,1-8H3. The maximum atomic E-state index is 15.3. The van der Waals surface area contributed by atoms with Gasteiger partial charge >= 0.3 is 11.9 Å².